The van der Waals surface area contributed by atoms with Crippen LogP contribution in [0.4, 0.5) is 0 Å². The van der Waals surface area contributed by atoms with Crippen LogP contribution in [0, 0.1) is 18.3 Å². The third kappa shape index (κ3) is 4.46. The third-order valence-electron chi connectivity index (χ3n) is 4.44. The van der Waals surface area contributed by atoms with Crippen LogP contribution in [0.2, 0.25) is 0 Å². The second-order valence-electron chi connectivity index (χ2n) is 6.58. The number of benzene rings is 1. The van der Waals surface area contributed by atoms with Crippen molar-refractivity contribution in [3.05, 3.63) is 29.3 Å². The predicted molar refractivity (Wildman–Crippen MR) is 88.1 cm³/mol. The molecule has 2 rings (SSSR count). The first kappa shape index (κ1) is 17.3. The molecule has 1 saturated carbocycles. The number of methoxy groups -OCH3 is 1. The topological polar surface area (TPSA) is 66.6 Å². The Morgan fingerprint density at radius 3 is 2.74 bits per heavy atom. The smallest absolute Gasteiger partial charge is 0.276 e. The number of ether oxygens (including phenoxy) is 1. The Hall–Kier alpha value is -2.06. The van der Waals surface area contributed by atoms with E-state index in [9.17, 15) is 10.1 Å². The van der Waals surface area contributed by atoms with Crippen molar-refractivity contribution < 1.29 is 14.4 Å². The van der Waals surface area contributed by atoms with Gasteiger partial charge in [-0.25, -0.2) is 0 Å². The Morgan fingerprint density at radius 1 is 1.43 bits per heavy atom. The molecule has 5 nitrogen and oxygen atoms in total. The van der Waals surface area contributed by atoms with E-state index in [4.69, 9.17) is 4.74 Å². The number of nitriles is 1. The Kier molecular flexibility index (Phi) is 5.62. The zero-order valence-electron chi connectivity index (χ0n) is 14.2. The summed E-state index contributed by atoms with van der Waals surface area (Å²) in [6, 6.07) is 8.36. The van der Waals surface area contributed by atoms with E-state index in [0.717, 1.165) is 41.9 Å². The molecule has 1 aliphatic rings. The number of carbonyl (C=O) groups is 1. The van der Waals surface area contributed by atoms with Crippen molar-refractivity contribution in [3.8, 4) is 11.8 Å². The summed E-state index contributed by atoms with van der Waals surface area (Å²) in [4.78, 5) is 13.3. The summed E-state index contributed by atoms with van der Waals surface area (Å²) in [5.41, 5.74) is 1.62. The van der Waals surface area contributed by atoms with Crippen LogP contribution in [0.25, 0.3) is 0 Å². The first-order chi connectivity index (χ1) is 11.0. The number of nitrogens with zero attached hydrogens (tertiary/aromatic N) is 1. The predicted octanol–water partition coefficient (Wildman–Crippen LogP) is 0.971. The number of quaternary nitrogens is 1. The Morgan fingerprint density at radius 2 is 2.13 bits per heavy atom. The fourth-order valence-electron chi connectivity index (χ4n) is 3.26. The van der Waals surface area contributed by atoms with Crippen LogP contribution in [0.1, 0.15) is 36.8 Å². The molecule has 1 aromatic carbocycles. The molecule has 0 heterocycles. The van der Waals surface area contributed by atoms with Gasteiger partial charge in [0.1, 0.15) is 17.8 Å². The van der Waals surface area contributed by atoms with E-state index < -0.39 is 5.54 Å². The van der Waals surface area contributed by atoms with Crippen molar-refractivity contribution in [1.29, 1.82) is 5.26 Å². The van der Waals surface area contributed by atoms with Crippen LogP contribution in [-0.2, 0) is 11.3 Å². The molecular formula is C18H26N3O2+. The highest BCUT2D eigenvalue weighted by Crippen LogP contribution is 2.28. The van der Waals surface area contributed by atoms with E-state index in [-0.39, 0.29) is 5.91 Å². The first-order valence-corrected chi connectivity index (χ1v) is 8.15. The second-order valence-corrected chi connectivity index (χ2v) is 6.58. The normalized spacial score (nSPS) is 17.3. The van der Waals surface area contributed by atoms with Crippen LogP contribution in [0.5, 0.6) is 5.75 Å². The molecule has 0 aliphatic heterocycles. The van der Waals surface area contributed by atoms with E-state index >= 15 is 0 Å². The number of hydrogen-bond donors (Lipinski definition) is 2. The van der Waals surface area contributed by atoms with Crippen LogP contribution < -0.4 is 15.0 Å². The molecule has 0 saturated heterocycles. The largest absolute Gasteiger partial charge is 0.496 e. The molecule has 2 N–H and O–H groups in total. The minimum atomic E-state index is -0.640. The first-order valence-electron chi connectivity index (χ1n) is 8.15. The van der Waals surface area contributed by atoms with E-state index in [2.05, 4.69) is 17.5 Å². The van der Waals surface area contributed by atoms with Crippen molar-refractivity contribution in [2.24, 2.45) is 0 Å². The number of amides is 1. The molecule has 1 fully saturated rings. The van der Waals surface area contributed by atoms with Gasteiger partial charge in [-0.3, -0.25) is 4.79 Å². The standard InChI is InChI=1S/C18H25N3O2/c1-14-6-7-16(23-3)15(10-14)11-21(2)12-17(22)20-18(13-19)8-4-5-9-18/h6-7,10H,4-5,8-9,11-12H2,1-3H3,(H,20,22)/p+1. The van der Waals surface area contributed by atoms with Gasteiger partial charge in [-0.05, 0) is 44.7 Å². The zero-order chi connectivity index (χ0) is 16.9. The van der Waals surface area contributed by atoms with Gasteiger partial charge in [0.25, 0.3) is 5.91 Å². The number of aryl methyl sites for hydroxylation is 1. The van der Waals surface area contributed by atoms with Gasteiger partial charge in [-0.1, -0.05) is 11.6 Å². The van der Waals surface area contributed by atoms with Gasteiger partial charge < -0.3 is 15.0 Å². The molecule has 0 bridgehead atoms. The number of rotatable bonds is 6. The summed E-state index contributed by atoms with van der Waals surface area (Å²) in [6.07, 6.45) is 3.55. The van der Waals surface area contributed by atoms with Gasteiger partial charge in [-0.15, -0.1) is 0 Å². The number of carbonyl (C=O) groups excluding carboxylic acids is 1. The average molecular weight is 316 g/mol. The Balaban J connectivity index is 1.94. The maximum Gasteiger partial charge on any atom is 0.276 e. The van der Waals surface area contributed by atoms with Gasteiger partial charge in [0.05, 0.1) is 20.2 Å². The third-order valence-corrected chi connectivity index (χ3v) is 4.44. The summed E-state index contributed by atoms with van der Waals surface area (Å²) < 4.78 is 5.39. The monoisotopic (exact) mass is 316 g/mol. The highest BCUT2D eigenvalue weighted by Gasteiger charge is 2.35. The summed E-state index contributed by atoms with van der Waals surface area (Å²) in [6.45, 7) is 3.10. The maximum atomic E-state index is 12.3. The molecule has 1 atom stereocenters. The molecular weight excluding hydrogens is 290 g/mol. The fraction of sp³-hybridized carbons (Fsp3) is 0.556. The minimum Gasteiger partial charge on any atom is -0.496 e. The summed E-state index contributed by atoms with van der Waals surface area (Å²) >= 11 is 0. The second kappa shape index (κ2) is 7.47. The van der Waals surface area contributed by atoms with Crippen molar-refractivity contribution in [3.63, 3.8) is 0 Å². The summed E-state index contributed by atoms with van der Waals surface area (Å²) in [5, 5.41) is 12.3. The minimum absolute atomic E-state index is 0.0578. The fourth-order valence-corrected chi connectivity index (χ4v) is 3.26. The Bertz CT molecular complexity index is 601. The lowest BCUT2D eigenvalue weighted by atomic mass is 10.00. The molecule has 1 aliphatic carbocycles. The molecule has 5 heteroatoms. The van der Waals surface area contributed by atoms with Gasteiger partial charge in [0, 0.05) is 5.56 Å². The molecule has 1 aromatic rings. The summed E-state index contributed by atoms with van der Waals surface area (Å²) in [7, 11) is 3.64. The van der Waals surface area contributed by atoms with Gasteiger partial charge in [0.15, 0.2) is 6.54 Å². The zero-order valence-corrected chi connectivity index (χ0v) is 14.2. The number of likely N-dealkylation sites (N-methyl/N-ethyl adjacent to an activating group) is 1. The highest BCUT2D eigenvalue weighted by atomic mass is 16.5. The van der Waals surface area contributed by atoms with Crippen molar-refractivity contribution in [2.75, 3.05) is 20.7 Å². The van der Waals surface area contributed by atoms with Gasteiger partial charge in [0.2, 0.25) is 0 Å². The van der Waals surface area contributed by atoms with Crippen LogP contribution >= 0.6 is 0 Å². The van der Waals surface area contributed by atoms with Gasteiger partial charge in [-0.2, -0.15) is 5.26 Å². The summed E-state index contributed by atoms with van der Waals surface area (Å²) in [5.74, 6) is 0.789. The molecule has 0 aromatic heterocycles. The molecule has 23 heavy (non-hydrogen) atoms. The van der Waals surface area contributed by atoms with E-state index in [1.807, 2.05) is 26.1 Å². The molecule has 1 amide bonds. The van der Waals surface area contributed by atoms with Crippen molar-refractivity contribution >= 4 is 5.91 Å². The van der Waals surface area contributed by atoms with Crippen LogP contribution in [-0.4, -0.2) is 32.1 Å². The molecule has 0 spiro atoms. The number of nitrogens with one attached hydrogen (secondary N) is 2. The quantitative estimate of drug-likeness (QED) is 0.822. The highest BCUT2D eigenvalue weighted by molar-refractivity contribution is 5.78. The lowest BCUT2D eigenvalue weighted by Crippen LogP contribution is -3.09. The lowest BCUT2D eigenvalue weighted by molar-refractivity contribution is -0.885. The van der Waals surface area contributed by atoms with E-state index in [0.29, 0.717) is 13.1 Å². The van der Waals surface area contributed by atoms with Gasteiger partial charge >= 0.3 is 0 Å². The maximum absolute atomic E-state index is 12.3. The van der Waals surface area contributed by atoms with E-state index in [1.165, 1.54) is 5.56 Å². The van der Waals surface area contributed by atoms with Crippen molar-refractivity contribution in [2.45, 2.75) is 44.7 Å². The Labute approximate surface area is 138 Å². The van der Waals surface area contributed by atoms with E-state index in [1.54, 1.807) is 7.11 Å². The molecule has 0 radical (unpaired) electrons. The molecule has 1 unspecified atom stereocenters. The number of hydrogen-bond acceptors (Lipinski definition) is 3. The van der Waals surface area contributed by atoms with Crippen LogP contribution in [0.15, 0.2) is 18.2 Å². The van der Waals surface area contributed by atoms with Crippen molar-refractivity contribution in [1.82, 2.24) is 5.32 Å². The lowest BCUT2D eigenvalue weighted by Gasteiger charge is -2.23. The average Bonchev–Trinajstić information content (AvgIpc) is 2.96. The van der Waals surface area contributed by atoms with Crippen LogP contribution in [0.3, 0.4) is 0 Å². The molecule has 124 valence electrons. The SMILES string of the molecule is COc1ccc(C)cc1C[NH+](C)CC(=O)NC1(C#N)CCCC1.